The number of fused-ring (bicyclic) bond motifs is 1. The van der Waals surface area contributed by atoms with Gasteiger partial charge >= 0.3 is 0 Å². The third-order valence-corrected chi connectivity index (χ3v) is 7.91. The zero-order valence-electron chi connectivity index (χ0n) is 20.0. The summed E-state index contributed by atoms with van der Waals surface area (Å²) in [5, 5.41) is 3.88. The Bertz CT molecular complexity index is 1320. The maximum Gasteiger partial charge on any atom is 0.248 e. The Labute approximate surface area is 206 Å². The van der Waals surface area contributed by atoms with Crippen molar-refractivity contribution in [2.24, 2.45) is 0 Å². The van der Waals surface area contributed by atoms with E-state index in [0.717, 1.165) is 22.2 Å². The Morgan fingerprint density at radius 3 is 2.60 bits per heavy atom. The maximum atomic E-state index is 13.2. The fourth-order valence-electron chi connectivity index (χ4n) is 4.15. The monoisotopic (exact) mass is 494 g/mol. The van der Waals surface area contributed by atoms with Crippen LogP contribution >= 0.6 is 0 Å². The van der Waals surface area contributed by atoms with Gasteiger partial charge in [-0.3, -0.25) is 9.78 Å². The van der Waals surface area contributed by atoms with Gasteiger partial charge in [-0.05, 0) is 44.2 Å². The van der Waals surface area contributed by atoms with Crippen LogP contribution in [0, 0.1) is 0 Å². The van der Waals surface area contributed by atoms with Crippen LogP contribution in [0.4, 0.5) is 11.4 Å². The first kappa shape index (κ1) is 24.8. The van der Waals surface area contributed by atoms with E-state index in [1.165, 1.54) is 10.4 Å². The van der Waals surface area contributed by atoms with E-state index < -0.39 is 10.0 Å². The Balaban J connectivity index is 1.64. The molecule has 2 heterocycles. The van der Waals surface area contributed by atoms with Gasteiger partial charge in [-0.15, -0.1) is 0 Å². The Morgan fingerprint density at radius 2 is 1.86 bits per heavy atom. The highest BCUT2D eigenvalue weighted by Crippen LogP contribution is 2.30. The van der Waals surface area contributed by atoms with Crippen molar-refractivity contribution in [3.63, 3.8) is 0 Å². The van der Waals surface area contributed by atoms with Crippen LogP contribution in [-0.2, 0) is 19.6 Å². The molecule has 1 N–H and O–H groups in total. The molecule has 4 rings (SSSR count). The van der Waals surface area contributed by atoms with Crippen molar-refractivity contribution < 1.29 is 17.9 Å². The molecule has 0 saturated carbocycles. The lowest BCUT2D eigenvalue weighted by Crippen LogP contribution is -2.40. The molecule has 3 aromatic rings. The Hall–Kier alpha value is -3.27. The molecular formula is C26H30N4O4S. The minimum atomic E-state index is -3.70. The molecule has 1 saturated heterocycles. The number of morpholine rings is 1. The second kappa shape index (κ2) is 11.0. The largest absolute Gasteiger partial charge is 0.379 e. The number of hydrogen-bond donors (Lipinski definition) is 1. The summed E-state index contributed by atoms with van der Waals surface area (Å²) in [4.78, 5) is 19.6. The number of para-hydroxylation sites is 1. The van der Waals surface area contributed by atoms with Gasteiger partial charge < -0.3 is 15.0 Å². The number of anilines is 2. The number of rotatable bonds is 8. The van der Waals surface area contributed by atoms with Gasteiger partial charge in [0.25, 0.3) is 0 Å². The number of nitrogens with one attached hydrogen (secondary N) is 1. The van der Waals surface area contributed by atoms with Gasteiger partial charge in [-0.2, -0.15) is 4.31 Å². The molecule has 0 bridgehead atoms. The minimum absolute atomic E-state index is 0.146. The van der Waals surface area contributed by atoms with Crippen LogP contribution in [0.25, 0.3) is 17.0 Å². The lowest BCUT2D eigenvalue weighted by atomic mass is 10.1. The van der Waals surface area contributed by atoms with Crippen LogP contribution in [0.1, 0.15) is 19.4 Å². The van der Waals surface area contributed by atoms with Crippen LogP contribution < -0.4 is 10.2 Å². The quantitative estimate of drug-likeness (QED) is 0.480. The second-order valence-electron chi connectivity index (χ2n) is 8.11. The van der Waals surface area contributed by atoms with Crippen LogP contribution in [0.5, 0.6) is 0 Å². The topological polar surface area (TPSA) is 91.8 Å². The Morgan fingerprint density at radius 1 is 1.11 bits per heavy atom. The van der Waals surface area contributed by atoms with Crippen molar-refractivity contribution in [2.75, 3.05) is 49.6 Å². The van der Waals surface area contributed by atoms with Crippen molar-refractivity contribution in [1.29, 1.82) is 0 Å². The molecule has 35 heavy (non-hydrogen) atoms. The van der Waals surface area contributed by atoms with E-state index in [2.05, 4.69) is 15.2 Å². The van der Waals surface area contributed by atoms with Crippen LogP contribution in [0.15, 0.2) is 65.7 Å². The molecule has 0 radical (unpaired) electrons. The van der Waals surface area contributed by atoms with Gasteiger partial charge in [0.2, 0.25) is 15.9 Å². The van der Waals surface area contributed by atoms with E-state index in [1.54, 1.807) is 30.5 Å². The average molecular weight is 495 g/mol. The lowest BCUT2D eigenvalue weighted by molar-refractivity contribution is -0.111. The smallest absolute Gasteiger partial charge is 0.248 e. The first-order valence-electron chi connectivity index (χ1n) is 11.7. The fourth-order valence-corrected chi connectivity index (χ4v) is 5.59. The summed E-state index contributed by atoms with van der Waals surface area (Å²) in [6.07, 6.45) is 4.88. The predicted octanol–water partition coefficient (Wildman–Crippen LogP) is 3.75. The Kier molecular flexibility index (Phi) is 7.80. The zero-order chi connectivity index (χ0) is 24.8. The molecule has 2 aromatic carbocycles. The van der Waals surface area contributed by atoms with Gasteiger partial charge in [-0.25, -0.2) is 8.42 Å². The molecule has 1 aliphatic rings. The summed E-state index contributed by atoms with van der Waals surface area (Å²) in [5.41, 5.74) is 2.85. The summed E-state index contributed by atoms with van der Waals surface area (Å²) in [7, 11) is -3.70. The molecule has 8 nitrogen and oxygen atoms in total. The van der Waals surface area contributed by atoms with Crippen LogP contribution in [0.3, 0.4) is 0 Å². The van der Waals surface area contributed by atoms with Gasteiger partial charge in [0.1, 0.15) is 0 Å². The molecule has 0 atom stereocenters. The van der Waals surface area contributed by atoms with Crippen molar-refractivity contribution in [3.8, 4) is 0 Å². The number of amides is 1. The highest BCUT2D eigenvalue weighted by molar-refractivity contribution is 7.89. The molecule has 1 amide bonds. The van der Waals surface area contributed by atoms with Gasteiger partial charge in [0, 0.05) is 49.4 Å². The summed E-state index contributed by atoms with van der Waals surface area (Å²) in [5.74, 6) is -0.354. The molecule has 0 aliphatic carbocycles. The number of benzene rings is 2. The van der Waals surface area contributed by atoms with Gasteiger partial charge in [0.05, 0.1) is 35.0 Å². The third kappa shape index (κ3) is 5.53. The zero-order valence-corrected chi connectivity index (χ0v) is 20.8. The summed E-state index contributed by atoms with van der Waals surface area (Å²) in [6, 6.07) is 14.5. The minimum Gasteiger partial charge on any atom is -0.379 e. The molecule has 1 aliphatic heterocycles. The van der Waals surface area contributed by atoms with Gasteiger partial charge in [-0.1, -0.05) is 24.3 Å². The fraction of sp³-hybridized carbons (Fsp3) is 0.308. The highest BCUT2D eigenvalue weighted by atomic mass is 32.2. The molecular weight excluding hydrogens is 464 g/mol. The van der Waals surface area contributed by atoms with E-state index in [-0.39, 0.29) is 10.8 Å². The molecule has 1 fully saturated rings. The lowest BCUT2D eigenvalue weighted by Gasteiger charge is -2.28. The molecule has 0 spiro atoms. The standard InChI is InChI=1S/C26H30N4O4S/c1-3-29(4-2)24-12-11-22(35(32,33)30-15-17-34-18-16-30)19-23(24)28-25(31)13-10-21-8-5-7-20-9-6-14-27-26(20)21/h5-14,19H,3-4,15-18H2,1-2H3,(H,28,31)/b13-10+. The molecule has 184 valence electrons. The number of nitrogens with zero attached hydrogens (tertiary/aromatic N) is 3. The number of ether oxygens (including phenoxy) is 1. The van der Waals surface area contributed by atoms with Crippen molar-refractivity contribution in [3.05, 3.63) is 66.4 Å². The highest BCUT2D eigenvalue weighted by Gasteiger charge is 2.27. The van der Waals surface area contributed by atoms with Crippen LogP contribution in [-0.4, -0.2) is 63.0 Å². The second-order valence-corrected chi connectivity index (χ2v) is 10.1. The number of pyridine rings is 1. The number of hydrogen-bond acceptors (Lipinski definition) is 6. The normalized spacial score (nSPS) is 14.9. The van der Waals surface area contributed by atoms with Crippen molar-refractivity contribution >= 4 is 44.3 Å². The first-order chi connectivity index (χ1) is 16.9. The van der Waals surface area contributed by atoms with E-state index in [0.29, 0.717) is 45.1 Å². The molecule has 1 aromatic heterocycles. The first-order valence-corrected chi connectivity index (χ1v) is 13.2. The predicted molar refractivity (Wildman–Crippen MR) is 139 cm³/mol. The third-order valence-electron chi connectivity index (χ3n) is 6.02. The molecule has 0 unspecified atom stereocenters. The van der Waals surface area contributed by atoms with Crippen molar-refractivity contribution in [1.82, 2.24) is 9.29 Å². The van der Waals surface area contributed by atoms with E-state index in [4.69, 9.17) is 4.74 Å². The number of sulfonamides is 1. The maximum absolute atomic E-state index is 13.2. The van der Waals surface area contributed by atoms with Crippen molar-refractivity contribution in [2.45, 2.75) is 18.7 Å². The average Bonchev–Trinajstić information content (AvgIpc) is 2.89. The summed E-state index contributed by atoms with van der Waals surface area (Å²) < 4.78 is 33.1. The number of aromatic nitrogens is 1. The van der Waals surface area contributed by atoms with E-state index in [1.807, 2.05) is 44.2 Å². The summed E-state index contributed by atoms with van der Waals surface area (Å²) in [6.45, 7) is 6.82. The number of carbonyl (C=O) groups excluding carboxylic acids is 1. The number of carbonyl (C=O) groups is 1. The summed E-state index contributed by atoms with van der Waals surface area (Å²) >= 11 is 0. The van der Waals surface area contributed by atoms with Crippen LogP contribution in [0.2, 0.25) is 0 Å². The van der Waals surface area contributed by atoms with Gasteiger partial charge in [0.15, 0.2) is 0 Å². The molecule has 9 heteroatoms. The SMILES string of the molecule is CCN(CC)c1ccc(S(=O)(=O)N2CCOCC2)cc1NC(=O)/C=C/c1cccc2cccnc12. The van der Waals surface area contributed by atoms with E-state index in [9.17, 15) is 13.2 Å². The van der Waals surface area contributed by atoms with E-state index >= 15 is 0 Å².